The van der Waals surface area contributed by atoms with Crippen LogP contribution in [-0.4, -0.2) is 24.2 Å². The van der Waals surface area contributed by atoms with Crippen molar-refractivity contribution in [3.8, 4) is 0 Å². The second kappa shape index (κ2) is 3.58. The number of ether oxygens (including phenoxy) is 1. The fourth-order valence-electron chi connectivity index (χ4n) is 2.49. The van der Waals surface area contributed by atoms with E-state index in [4.69, 9.17) is 4.74 Å². The topological polar surface area (TPSA) is 34.1 Å². The second-order valence-electron chi connectivity index (χ2n) is 4.81. The number of hydrogen-bond donors (Lipinski definition) is 1. The molecule has 0 atom stereocenters. The molecule has 80 valence electrons. The Morgan fingerprint density at radius 1 is 1.47 bits per heavy atom. The first-order valence-corrected chi connectivity index (χ1v) is 5.58. The molecule has 1 aromatic heterocycles. The Labute approximate surface area is 89.9 Å². The molecule has 1 aliphatic heterocycles. The third kappa shape index (κ3) is 1.77. The average Bonchev–Trinajstić information content (AvgIpc) is 2.15. The van der Waals surface area contributed by atoms with E-state index in [1.165, 1.54) is 31.5 Å². The molecule has 0 bridgehead atoms. The summed E-state index contributed by atoms with van der Waals surface area (Å²) in [5, 5.41) is 3.33. The molecular weight excluding hydrogens is 188 g/mol. The van der Waals surface area contributed by atoms with Crippen molar-refractivity contribution in [1.82, 2.24) is 10.3 Å². The van der Waals surface area contributed by atoms with Crippen LogP contribution < -0.4 is 5.32 Å². The fourth-order valence-corrected chi connectivity index (χ4v) is 2.49. The van der Waals surface area contributed by atoms with Gasteiger partial charge in [-0.25, -0.2) is 0 Å². The van der Waals surface area contributed by atoms with E-state index in [1.807, 2.05) is 12.3 Å². The molecule has 3 rings (SSSR count). The number of hydrogen-bond acceptors (Lipinski definition) is 3. The summed E-state index contributed by atoms with van der Waals surface area (Å²) in [5.41, 5.74) is 1.78. The lowest BCUT2D eigenvalue weighted by molar-refractivity contribution is -0.109. The van der Waals surface area contributed by atoms with Crippen molar-refractivity contribution >= 4 is 0 Å². The standard InChI is InChI=1S/C12H16N2O/c1-2-10(6-13-3-1)7-15-11-4-12(5-11)8-14-9-12/h1-3,6,11,14H,4-5,7-9H2. The molecule has 15 heavy (non-hydrogen) atoms. The summed E-state index contributed by atoms with van der Waals surface area (Å²) < 4.78 is 5.83. The molecule has 3 nitrogen and oxygen atoms in total. The second-order valence-corrected chi connectivity index (χ2v) is 4.81. The highest BCUT2D eigenvalue weighted by molar-refractivity contribution is 5.08. The summed E-state index contributed by atoms with van der Waals surface area (Å²) in [7, 11) is 0. The Bertz CT molecular complexity index is 327. The van der Waals surface area contributed by atoms with E-state index in [2.05, 4.69) is 16.4 Å². The average molecular weight is 204 g/mol. The van der Waals surface area contributed by atoms with Gasteiger partial charge in [0.1, 0.15) is 0 Å². The first-order chi connectivity index (χ1) is 7.36. The lowest BCUT2D eigenvalue weighted by Gasteiger charge is -2.54. The van der Waals surface area contributed by atoms with E-state index in [0.717, 1.165) is 0 Å². The van der Waals surface area contributed by atoms with Gasteiger partial charge in [-0.15, -0.1) is 0 Å². The van der Waals surface area contributed by atoms with Crippen LogP contribution >= 0.6 is 0 Å². The van der Waals surface area contributed by atoms with Crippen molar-refractivity contribution < 1.29 is 4.74 Å². The zero-order valence-corrected chi connectivity index (χ0v) is 8.78. The smallest absolute Gasteiger partial charge is 0.0735 e. The Hall–Kier alpha value is -0.930. The van der Waals surface area contributed by atoms with Gasteiger partial charge in [-0.05, 0) is 24.5 Å². The van der Waals surface area contributed by atoms with E-state index in [0.29, 0.717) is 18.1 Å². The van der Waals surface area contributed by atoms with Crippen LogP contribution in [-0.2, 0) is 11.3 Å². The van der Waals surface area contributed by atoms with Crippen LogP contribution in [0.5, 0.6) is 0 Å². The number of rotatable bonds is 3. The van der Waals surface area contributed by atoms with Crippen molar-refractivity contribution in [2.45, 2.75) is 25.6 Å². The quantitative estimate of drug-likeness (QED) is 0.807. The summed E-state index contributed by atoms with van der Waals surface area (Å²) in [5.74, 6) is 0. The molecule has 0 amide bonds. The van der Waals surface area contributed by atoms with E-state index in [9.17, 15) is 0 Å². The monoisotopic (exact) mass is 204 g/mol. The van der Waals surface area contributed by atoms with Gasteiger partial charge in [-0.2, -0.15) is 0 Å². The van der Waals surface area contributed by atoms with Crippen LogP contribution in [0.3, 0.4) is 0 Å². The summed E-state index contributed by atoms with van der Waals surface area (Å²) in [6, 6.07) is 4.02. The van der Waals surface area contributed by atoms with Crippen molar-refractivity contribution in [1.29, 1.82) is 0 Å². The molecule has 1 N–H and O–H groups in total. The molecular formula is C12H16N2O. The first kappa shape index (κ1) is 9.31. The maximum absolute atomic E-state index is 5.83. The first-order valence-electron chi connectivity index (χ1n) is 5.58. The highest BCUT2D eigenvalue weighted by atomic mass is 16.5. The maximum atomic E-state index is 5.83. The van der Waals surface area contributed by atoms with Crippen LogP contribution in [0.1, 0.15) is 18.4 Å². The molecule has 1 aliphatic carbocycles. The minimum absolute atomic E-state index is 0.479. The Morgan fingerprint density at radius 2 is 2.33 bits per heavy atom. The van der Waals surface area contributed by atoms with Gasteiger partial charge >= 0.3 is 0 Å². The summed E-state index contributed by atoms with van der Waals surface area (Å²) >= 11 is 0. The predicted molar refractivity (Wildman–Crippen MR) is 57.4 cm³/mol. The van der Waals surface area contributed by atoms with Crippen molar-refractivity contribution in [3.05, 3.63) is 30.1 Å². The zero-order valence-electron chi connectivity index (χ0n) is 8.78. The van der Waals surface area contributed by atoms with Gasteiger partial charge in [0.2, 0.25) is 0 Å². The Morgan fingerprint density at radius 3 is 2.93 bits per heavy atom. The highest BCUT2D eigenvalue weighted by Crippen LogP contribution is 2.45. The normalized spacial score (nSPS) is 23.5. The molecule has 1 saturated carbocycles. The molecule has 1 saturated heterocycles. The molecule has 1 spiro atoms. The summed E-state index contributed by atoms with van der Waals surface area (Å²) in [4.78, 5) is 4.07. The van der Waals surface area contributed by atoms with Crippen LogP contribution in [0.25, 0.3) is 0 Å². The number of nitrogens with one attached hydrogen (secondary N) is 1. The Balaban J connectivity index is 1.44. The SMILES string of the molecule is c1cncc(COC2CC3(CNC3)C2)c1. The number of pyridine rings is 1. The van der Waals surface area contributed by atoms with Gasteiger partial charge in [0.05, 0.1) is 12.7 Å². The molecule has 2 heterocycles. The maximum Gasteiger partial charge on any atom is 0.0735 e. The highest BCUT2D eigenvalue weighted by Gasteiger charge is 2.48. The largest absolute Gasteiger partial charge is 0.373 e. The summed E-state index contributed by atoms with van der Waals surface area (Å²) in [6.45, 7) is 3.10. The molecule has 0 aromatic carbocycles. The molecule has 1 aromatic rings. The fraction of sp³-hybridized carbons (Fsp3) is 0.583. The number of aromatic nitrogens is 1. The van der Waals surface area contributed by atoms with E-state index in [-0.39, 0.29) is 0 Å². The van der Waals surface area contributed by atoms with Gasteiger partial charge in [-0.3, -0.25) is 4.98 Å². The third-order valence-corrected chi connectivity index (χ3v) is 3.53. The van der Waals surface area contributed by atoms with Crippen LogP contribution in [0.4, 0.5) is 0 Å². The van der Waals surface area contributed by atoms with Crippen LogP contribution in [0.15, 0.2) is 24.5 Å². The molecule has 0 radical (unpaired) electrons. The van der Waals surface area contributed by atoms with Gasteiger partial charge in [0, 0.05) is 30.9 Å². The van der Waals surface area contributed by atoms with Crippen molar-refractivity contribution in [3.63, 3.8) is 0 Å². The lowest BCUT2D eigenvalue weighted by atomic mass is 9.63. The minimum Gasteiger partial charge on any atom is -0.373 e. The van der Waals surface area contributed by atoms with E-state index < -0.39 is 0 Å². The van der Waals surface area contributed by atoms with Gasteiger partial charge in [-0.1, -0.05) is 6.07 Å². The summed E-state index contributed by atoms with van der Waals surface area (Å²) in [6.07, 6.45) is 6.62. The van der Waals surface area contributed by atoms with Crippen molar-refractivity contribution in [2.75, 3.05) is 13.1 Å². The van der Waals surface area contributed by atoms with Gasteiger partial charge < -0.3 is 10.1 Å². The lowest BCUT2D eigenvalue weighted by Crippen LogP contribution is -2.62. The van der Waals surface area contributed by atoms with E-state index in [1.54, 1.807) is 6.20 Å². The van der Waals surface area contributed by atoms with Crippen molar-refractivity contribution in [2.24, 2.45) is 5.41 Å². The molecule has 2 aliphatic rings. The Kier molecular flexibility index (Phi) is 2.22. The molecule has 0 unspecified atom stereocenters. The number of nitrogens with zero attached hydrogens (tertiary/aromatic N) is 1. The van der Waals surface area contributed by atoms with E-state index >= 15 is 0 Å². The van der Waals surface area contributed by atoms with Crippen LogP contribution in [0.2, 0.25) is 0 Å². The zero-order chi connectivity index (χ0) is 10.1. The van der Waals surface area contributed by atoms with Crippen LogP contribution in [0, 0.1) is 5.41 Å². The third-order valence-electron chi connectivity index (χ3n) is 3.53. The van der Waals surface area contributed by atoms with Gasteiger partial charge in [0.25, 0.3) is 0 Å². The molecule has 2 fully saturated rings. The minimum atomic E-state index is 0.479. The molecule has 3 heteroatoms. The van der Waals surface area contributed by atoms with Gasteiger partial charge in [0.15, 0.2) is 0 Å². The predicted octanol–water partition coefficient (Wildman–Crippen LogP) is 1.35.